The summed E-state index contributed by atoms with van der Waals surface area (Å²) in [7, 11) is 1.75. The Hall–Kier alpha value is -1.85. The second kappa shape index (κ2) is 6.57. The normalized spacial score (nSPS) is 22.8. The standard InChI is InChI=1S/C18H26N2O4/c1-12(2)15-9-13(24-19-15)11-20(3)17(22)14-10-16(21)23-18(14)7-5-4-6-8-18/h9,12,14H,4-8,10-11H2,1-3H3. The lowest BCUT2D eigenvalue weighted by Crippen LogP contribution is -2.46. The molecule has 1 aliphatic heterocycles. The van der Waals surface area contributed by atoms with Gasteiger partial charge in [0.2, 0.25) is 5.91 Å². The Morgan fingerprint density at radius 2 is 2.08 bits per heavy atom. The number of amides is 1. The molecule has 1 amide bonds. The first kappa shape index (κ1) is 17.0. The summed E-state index contributed by atoms with van der Waals surface area (Å²) in [6, 6.07) is 1.89. The first-order valence-electron chi connectivity index (χ1n) is 8.83. The van der Waals surface area contributed by atoms with Gasteiger partial charge in [-0.3, -0.25) is 9.59 Å². The highest BCUT2D eigenvalue weighted by molar-refractivity contribution is 5.87. The van der Waals surface area contributed by atoms with Gasteiger partial charge in [-0.2, -0.15) is 0 Å². The van der Waals surface area contributed by atoms with Crippen LogP contribution in [0.15, 0.2) is 10.6 Å². The lowest BCUT2D eigenvalue weighted by molar-refractivity contribution is -0.155. The third kappa shape index (κ3) is 3.19. The summed E-state index contributed by atoms with van der Waals surface area (Å²) in [5, 5.41) is 4.03. The maximum absolute atomic E-state index is 12.9. The fourth-order valence-electron chi connectivity index (χ4n) is 3.86. The Kier molecular flexibility index (Phi) is 4.65. The van der Waals surface area contributed by atoms with Crippen molar-refractivity contribution >= 4 is 11.9 Å². The van der Waals surface area contributed by atoms with Gasteiger partial charge in [0.15, 0.2) is 5.76 Å². The van der Waals surface area contributed by atoms with E-state index >= 15 is 0 Å². The molecule has 1 saturated heterocycles. The van der Waals surface area contributed by atoms with Crippen LogP contribution in [0.3, 0.4) is 0 Å². The number of carbonyl (C=O) groups excluding carboxylic acids is 2. The minimum absolute atomic E-state index is 0.0368. The molecular weight excluding hydrogens is 308 g/mol. The van der Waals surface area contributed by atoms with Crippen LogP contribution < -0.4 is 0 Å². The van der Waals surface area contributed by atoms with Crippen molar-refractivity contribution in [1.82, 2.24) is 10.1 Å². The number of hydrogen-bond acceptors (Lipinski definition) is 5. The molecule has 1 spiro atoms. The van der Waals surface area contributed by atoms with E-state index in [9.17, 15) is 9.59 Å². The number of aromatic nitrogens is 1. The summed E-state index contributed by atoms with van der Waals surface area (Å²) >= 11 is 0. The van der Waals surface area contributed by atoms with Crippen molar-refractivity contribution in [2.45, 2.75) is 70.4 Å². The minimum atomic E-state index is -0.578. The topological polar surface area (TPSA) is 72.6 Å². The Labute approximate surface area is 142 Å². The van der Waals surface area contributed by atoms with Crippen LogP contribution in [0.25, 0.3) is 0 Å². The zero-order valence-electron chi connectivity index (χ0n) is 14.7. The molecule has 1 aromatic heterocycles. The SMILES string of the molecule is CC(C)c1cc(CN(C)C(=O)C2CC(=O)OC23CCCCC3)on1. The molecular formula is C18H26N2O4. The van der Waals surface area contributed by atoms with Crippen LogP contribution in [0.1, 0.15) is 69.7 Å². The number of nitrogens with zero attached hydrogens (tertiary/aromatic N) is 2. The highest BCUT2D eigenvalue weighted by Gasteiger charge is 2.53. The maximum Gasteiger partial charge on any atom is 0.307 e. The number of esters is 1. The van der Waals surface area contributed by atoms with Gasteiger partial charge in [-0.1, -0.05) is 25.4 Å². The van der Waals surface area contributed by atoms with Crippen LogP contribution in [0.4, 0.5) is 0 Å². The third-order valence-electron chi connectivity index (χ3n) is 5.26. The Balaban J connectivity index is 1.70. The molecule has 6 heteroatoms. The number of hydrogen-bond donors (Lipinski definition) is 0. The summed E-state index contributed by atoms with van der Waals surface area (Å²) < 4.78 is 11.0. The summed E-state index contributed by atoms with van der Waals surface area (Å²) in [6.07, 6.45) is 4.95. The lowest BCUT2D eigenvalue weighted by Gasteiger charge is -2.37. The van der Waals surface area contributed by atoms with E-state index < -0.39 is 5.60 Å². The second-order valence-electron chi connectivity index (χ2n) is 7.42. The smallest absolute Gasteiger partial charge is 0.307 e. The quantitative estimate of drug-likeness (QED) is 0.791. The van der Waals surface area contributed by atoms with E-state index in [1.165, 1.54) is 0 Å². The van der Waals surface area contributed by atoms with Crippen molar-refractivity contribution in [2.24, 2.45) is 5.92 Å². The number of ether oxygens (including phenoxy) is 1. The summed E-state index contributed by atoms with van der Waals surface area (Å²) in [4.78, 5) is 26.4. The van der Waals surface area contributed by atoms with Gasteiger partial charge in [-0.15, -0.1) is 0 Å². The van der Waals surface area contributed by atoms with Crippen molar-refractivity contribution in [3.8, 4) is 0 Å². The molecule has 2 aliphatic rings. The van der Waals surface area contributed by atoms with Crippen LogP contribution in [0.5, 0.6) is 0 Å². The van der Waals surface area contributed by atoms with Gasteiger partial charge in [0.25, 0.3) is 0 Å². The van der Waals surface area contributed by atoms with Gasteiger partial charge in [0.1, 0.15) is 5.60 Å². The zero-order chi connectivity index (χ0) is 17.3. The Bertz CT molecular complexity index is 616. The van der Waals surface area contributed by atoms with Crippen LogP contribution >= 0.6 is 0 Å². The summed E-state index contributed by atoms with van der Waals surface area (Å²) in [5.41, 5.74) is 0.305. The molecule has 6 nitrogen and oxygen atoms in total. The van der Waals surface area contributed by atoms with E-state index in [2.05, 4.69) is 5.16 Å². The minimum Gasteiger partial charge on any atom is -0.458 e. The van der Waals surface area contributed by atoms with Gasteiger partial charge in [-0.05, 0) is 31.6 Å². The summed E-state index contributed by atoms with van der Waals surface area (Å²) in [5.74, 6) is 0.297. The molecule has 3 rings (SSSR count). The largest absolute Gasteiger partial charge is 0.458 e. The molecule has 1 atom stereocenters. The van der Waals surface area contributed by atoms with Gasteiger partial charge in [0.05, 0.1) is 24.6 Å². The molecule has 24 heavy (non-hydrogen) atoms. The predicted molar refractivity (Wildman–Crippen MR) is 87.1 cm³/mol. The van der Waals surface area contributed by atoms with Crippen LogP contribution in [0.2, 0.25) is 0 Å². The lowest BCUT2D eigenvalue weighted by atomic mass is 9.75. The molecule has 1 saturated carbocycles. The van der Waals surface area contributed by atoms with E-state index in [0.29, 0.717) is 12.3 Å². The summed E-state index contributed by atoms with van der Waals surface area (Å²) in [6.45, 7) is 4.45. The van der Waals surface area contributed by atoms with Gasteiger partial charge < -0.3 is 14.2 Å². The molecule has 1 aliphatic carbocycles. The highest BCUT2D eigenvalue weighted by Crippen LogP contribution is 2.44. The van der Waals surface area contributed by atoms with Gasteiger partial charge in [0, 0.05) is 13.1 Å². The van der Waals surface area contributed by atoms with Crippen LogP contribution in [0, 0.1) is 5.92 Å². The first-order valence-corrected chi connectivity index (χ1v) is 8.83. The fourth-order valence-corrected chi connectivity index (χ4v) is 3.86. The zero-order valence-corrected chi connectivity index (χ0v) is 14.7. The Morgan fingerprint density at radius 1 is 1.38 bits per heavy atom. The molecule has 2 heterocycles. The average molecular weight is 334 g/mol. The van der Waals surface area contributed by atoms with Crippen molar-refractivity contribution in [2.75, 3.05) is 7.05 Å². The molecule has 0 bridgehead atoms. The maximum atomic E-state index is 12.9. The van der Waals surface area contributed by atoms with E-state index in [4.69, 9.17) is 9.26 Å². The van der Waals surface area contributed by atoms with E-state index in [0.717, 1.165) is 37.8 Å². The highest BCUT2D eigenvalue weighted by atomic mass is 16.6. The Morgan fingerprint density at radius 3 is 2.71 bits per heavy atom. The first-order chi connectivity index (χ1) is 11.4. The second-order valence-corrected chi connectivity index (χ2v) is 7.42. The van der Waals surface area contributed by atoms with Crippen molar-refractivity contribution < 1.29 is 18.8 Å². The number of rotatable bonds is 4. The predicted octanol–water partition coefficient (Wildman–Crippen LogP) is 3.02. The molecule has 1 unspecified atom stereocenters. The van der Waals surface area contributed by atoms with Crippen molar-refractivity contribution in [3.05, 3.63) is 17.5 Å². The molecule has 1 aromatic rings. The molecule has 132 valence electrons. The van der Waals surface area contributed by atoms with Gasteiger partial charge >= 0.3 is 5.97 Å². The van der Waals surface area contributed by atoms with E-state index in [-0.39, 0.29) is 30.1 Å². The van der Waals surface area contributed by atoms with Crippen LogP contribution in [-0.4, -0.2) is 34.6 Å². The average Bonchev–Trinajstić information content (AvgIpc) is 3.12. The van der Waals surface area contributed by atoms with E-state index in [1.54, 1.807) is 11.9 Å². The van der Waals surface area contributed by atoms with Crippen LogP contribution in [-0.2, 0) is 20.9 Å². The van der Waals surface area contributed by atoms with Gasteiger partial charge in [-0.25, -0.2) is 0 Å². The number of carbonyl (C=O) groups is 2. The monoisotopic (exact) mass is 334 g/mol. The molecule has 0 aromatic carbocycles. The fraction of sp³-hybridized carbons (Fsp3) is 0.722. The van der Waals surface area contributed by atoms with Crippen molar-refractivity contribution in [1.29, 1.82) is 0 Å². The van der Waals surface area contributed by atoms with Crippen molar-refractivity contribution in [3.63, 3.8) is 0 Å². The van der Waals surface area contributed by atoms with E-state index in [1.807, 2.05) is 19.9 Å². The molecule has 2 fully saturated rings. The molecule has 0 N–H and O–H groups in total. The third-order valence-corrected chi connectivity index (χ3v) is 5.26. The molecule has 0 radical (unpaired) electrons.